The van der Waals surface area contributed by atoms with Crippen LogP contribution in [0.2, 0.25) is 0 Å². The minimum atomic E-state index is 0.595. The van der Waals surface area contributed by atoms with Gasteiger partial charge in [-0.3, -0.25) is 0 Å². The second-order valence-electron chi connectivity index (χ2n) is 15.9. The van der Waals surface area contributed by atoms with E-state index in [2.05, 4.69) is 199 Å². The van der Waals surface area contributed by atoms with E-state index in [0.717, 1.165) is 11.4 Å². The lowest BCUT2D eigenvalue weighted by Crippen LogP contribution is -2.11. The molecule has 1 aromatic heterocycles. The quantitative estimate of drug-likeness (QED) is 0.156. The Kier molecular flexibility index (Phi) is 8.86. The van der Waals surface area contributed by atoms with Gasteiger partial charge in [-0.2, -0.15) is 0 Å². The molecular weight excluding hydrogens is 719 g/mol. The van der Waals surface area contributed by atoms with Gasteiger partial charge < -0.3 is 4.90 Å². The number of nitrogens with zero attached hydrogens (tertiary/aromatic N) is 1. The van der Waals surface area contributed by atoms with Gasteiger partial charge >= 0.3 is 0 Å². The Hall–Kier alpha value is -6.48. The number of anilines is 3. The van der Waals surface area contributed by atoms with Crippen molar-refractivity contribution in [2.75, 3.05) is 4.90 Å². The van der Waals surface area contributed by atoms with Crippen LogP contribution in [0.1, 0.15) is 43.6 Å². The van der Waals surface area contributed by atoms with Crippen LogP contribution in [-0.2, 0) is 0 Å². The average molecular weight is 762 g/mol. The monoisotopic (exact) mass is 761 g/mol. The maximum Gasteiger partial charge on any atom is 0.0540 e. The Bertz CT molecular complexity index is 3100. The SMILES string of the molecule is c1cc(-c2cccc3c2sc2ccccc23)cc(N(c2ccc(-c3ccc4ccccc4c3)cc2)c2ccccc2-c2cccc3cccc(C4CCCCC4)c23)c1. The Morgan fingerprint density at radius 3 is 1.98 bits per heavy atom. The highest BCUT2D eigenvalue weighted by Crippen LogP contribution is 2.47. The molecule has 9 aromatic carbocycles. The summed E-state index contributed by atoms with van der Waals surface area (Å²) >= 11 is 1.89. The lowest BCUT2D eigenvalue weighted by Gasteiger charge is -2.29. The maximum atomic E-state index is 2.48. The summed E-state index contributed by atoms with van der Waals surface area (Å²) in [7, 11) is 0. The molecule has 0 N–H and O–H groups in total. The molecule has 0 aliphatic heterocycles. The van der Waals surface area contributed by atoms with E-state index >= 15 is 0 Å². The molecule has 0 amide bonds. The van der Waals surface area contributed by atoms with Crippen molar-refractivity contribution in [3.8, 4) is 33.4 Å². The zero-order valence-corrected chi connectivity index (χ0v) is 33.3. The smallest absolute Gasteiger partial charge is 0.0540 e. The van der Waals surface area contributed by atoms with Gasteiger partial charge in [-0.1, -0.05) is 171 Å². The Morgan fingerprint density at radius 1 is 0.414 bits per heavy atom. The van der Waals surface area contributed by atoms with Crippen molar-refractivity contribution in [2.45, 2.75) is 38.0 Å². The zero-order valence-electron chi connectivity index (χ0n) is 32.4. The first-order chi connectivity index (χ1) is 28.8. The largest absolute Gasteiger partial charge is 0.310 e. The van der Waals surface area contributed by atoms with Crippen molar-refractivity contribution in [1.29, 1.82) is 0 Å². The first-order valence-corrected chi connectivity index (χ1v) is 21.6. The normalized spacial score (nSPS) is 13.4. The van der Waals surface area contributed by atoms with Gasteiger partial charge in [0.05, 0.1) is 5.69 Å². The number of para-hydroxylation sites is 1. The summed E-state index contributed by atoms with van der Waals surface area (Å²) in [6.45, 7) is 0. The molecule has 1 aliphatic carbocycles. The molecule has 1 fully saturated rings. The number of hydrogen-bond acceptors (Lipinski definition) is 2. The third-order valence-electron chi connectivity index (χ3n) is 12.4. The summed E-state index contributed by atoms with van der Waals surface area (Å²) in [4.78, 5) is 2.48. The molecule has 1 nitrogen and oxygen atoms in total. The molecule has 0 atom stereocenters. The summed E-state index contributed by atoms with van der Waals surface area (Å²) in [5, 5.41) is 7.89. The van der Waals surface area contributed by atoms with Crippen molar-refractivity contribution in [2.24, 2.45) is 0 Å². The summed E-state index contributed by atoms with van der Waals surface area (Å²) < 4.78 is 2.66. The first-order valence-electron chi connectivity index (χ1n) is 20.8. The van der Waals surface area contributed by atoms with Crippen LogP contribution in [0.3, 0.4) is 0 Å². The molecule has 0 bridgehead atoms. The van der Waals surface area contributed by atoms with Crippen LogP contribution < -0.4 is 4.90 Å². The van der Waals surface area contributed by atoms with E-state index in [9.17, 15) is 0 Å². The van der Waals surface area contributed by atoms with Gasteiger partial charge in [-0.05, 0) is 116 Å². The van der Waals surface area contributed by atoms with Crippen molar-refractivity contribution in [3.63, 3.8) is 0 Å². The van der Waals surface area contributed by atoms with E-state index in [4.69, 9.17) is 0 Å². The Labute approximate surface area is 344 Å². The van der Waals surface area contributed by atoms with E-state index in [1.54, 1.807) is 0 Å². The fraction of sp³-hybridized carbons (Fsp3) is 0.107. The van der Waals surface area contributed by atoms with Crippen LogP contribution in [0.15, 0.2) is 194 Å². The molecule has 0 saturated heterocycles. The first kappa shape index (κ1) is 34.7. The van der Waals surface area contributed by atoms with Crippen LogP contribution in [0.25, 0.3) is 75.1 Å². The maximum absolute atomic E-state index is 2.48. The van der Waals surface area contributed by atoms with E-state index in [-0.39, 0.29) is 0 Å². The number of rotatable bonds is 7. The number of fused-ring (bicyclic) bond motifs is 5. The predicted octanol–water partition coefficient (Wildman–Crippen LogP) is 16.9. The van der Waals surface area contributed by atoms with Gasteiger partial charge in [-0.15, -0.1) is 11.3 Å². The van der Waals surface area contributed by atoms with Gasteiger partial charge in [0.2, 0.25) is 0 Å². The van der Waals surface area contributed by atoms with Crippen LogP contribution in [0, 0.1) is 0 Å². The van der Waals surface area contributed by atoms with Crippen molar-refractivity contribution >= 4 is 70.1 Å². The standard InChI is InChI=1S/C56H43NS/c1-2-15-40(16-3-1)47-24-11-18-41-19-12-26-51(55(41)47)49-22-6-8-28-53(49)57(45-34-32-39(33-35-45)43-31-30-38-14-4-5-17-42(38)36-43)46-21-10-20-44(37-46)48-25-13-27-52-50-23-7-9-29-54(50)58-56(48)52/h4-14,17-37,40H,1-3,15-16H2. The van der Waals surface area contributed by atoms with E-state index < -0.39 is 0 Å². The molecule has 0 unspecified atom stereocenters. The topological polar surface area (TPSA) is 3.24 Å². The molecular formula is C56H43NS. The molecule has 10 aromatic rings. The highest BCUT2D eigenvalue weighted by molar-refractivity contribution is 7.26. The van der Waals surface area contributed by atoms with Gasteiger partial charge in [-0.25, -0.2) is 0 Å². The van der Waals surface area contributed by atoms with Crippen LogP contribution in [-0.4, -0.2) is 0 Å². The fourth-order valence-corrected chi connectivity index (χ4v) is 10.9. The molecule has 0 spiro atoms. The summed E-state index contributed by atoms with van der Waals surface area (Å²) in [5.41, 5.74) is 12.4. The molecule has 1 saturated carbocycles. The Morgan fingerprint density at radius 2 is 1.09 bits per heavy atom. The fourth-order valence-electron chi connectivity index (χ4n) is 9.63. The van der Waals surface area contributed by atoms with Crippen molar-refractivity contribution in [1.82, 2.24) is 0 Å². The second-order valence-corrected chi connectivity index (χ2v) is 16.9. The zero-order chi connectivity index (χ0) is 38.4. The summed E-state index contributed by atoms with van der Waals surface area (Å²) in [6, 6.07) is 72.2. The lowest BCUT2D eigenvalue weighted by molar-refractivity contribution is 0.445. The molecule has 2 heteroatoms. The third-order valence-corrected chi connectivity index (χ3v) is 13.7. The number of benzene rings is 9. The van der Waals surface area contributed by atoms with Crippen molar-refractivity contribution in [3.05, 3.63) is 200 Å². The third kappa shape index (κ3) is 6.16. The molecule has 1 aliphatic rings. The van der Waals surface area contributed by atoms with Crippen LogP contribution in [0.5, 0.6) is 0 Å². The van der Waals surface area contributed by atoms with E-state index in [1.807, 2.05) is 11.3 Å². The minimum Gasteiger partial charge on any atom is -0.310 e. The minimum absolute atomic E-state index is 0.595. The predicted molar refractivity (Wildman–Crippen MR) is 251 cm³/mol. The lowest BCUT2D eigenvalue weighted by atomic mass is 9.80. The highest BCUT2D eigenvalue weighted by atomic mass is 32.1. The van der Waals surface area contributed by atoms with E-state index in [1.165, 1.54) is 118 Å². The summed E-state index contributed by atoms with van der Waals surface area (Å²) in [5.74, 6) is 0.595. The molecule has 11 rings (SSSR count). The van der Waals surface area contributed by atoms with Gasteiger partial charge in [0.1, 0.15) is 0 Å². The second kappa shape index (κ2) is 14.8. The summed E-state index contributed by atoms with van der Waals surface area (Å²) in [6.07, 6.45) is 6.51. The molecule has 278 valence electrons. The van der Waals surface area contributed by atoms with E-state index in [0.29, 0.717) is 5.92 Å². The highest BCUT2D eigenvalue weighted by Gasteiger charge is 2.23. The number of hydrogen-bond donors (Lipinski definition) is 0. The van der Waals surface area contributed by atoms with Crippen molar-refractivity contribution < 1.29 is 0 Å². The molecule has 0 radical (unpaired) electrons. The number of thiophene rings is 1. The van der Waals surface area contributed by atoms with Gasteiger partial charge in [0, 0.05) is 37.1 Å². The van der Waals surface area contributed by atoms with Crippen LogP contribution >= 0.6 is 11.3 Å². The van der Waals surface area contributed by atoms with Crippen LogP contribution in [0.4, 0.5) is 17.1 Å². The van der Waals surface area contributed by atoms with Gasteiger partial charge in [0.25, 0.3) is 0 Å². The van der Waals surface area contributed by atoms with Gasteiger partial charge in [0.15, 0.2) is 0 Å². The Balaban J connectivity index is 1.09. The average Bonchev–Trinajstić information content (AvgIpc) is 3.68. The molecule has 58 heavy (non-hydrogen) atoms. The molecule has 1 heterocycles.